The van der Waals surface area contributed by atoms with Crippen LogP contribution in [0.3, 0.4) is 0 Å². The van der Waals surface area contributed by atoms with Crippen molar-refractivity contribution >= 4 is 23.5 Å². The third kappa shape index (κ3) is 4.93. The number of ketones is 1. The molecule has 0 heterocycles. The van der Waals surface area contributed by atoms with E-state index in [2.05, 4.69) is 5.32 Å². The average Bonchev–Trinajstić information content (AvgIpc) is 2.74. The molecule has 0 aliphatic heterocycles. The maximum Gasteiger partial charge on any atom is 0.231 e. The van der Waals surface area contributed by atoms with Gasteiger partial charge in [-0.25, -0.2) is 4.39 Å². The summed E-state index contributed by atoms with van der Waals surface area (Å²) >= 11 is 1.11. The van der Waals surface area contributed by atoms with E-state index in [9.17, 15) is 14.0 Å². The first kappa shape index (κ1) is 20.8. The van der Waals surface area contributed by atoms with E-state index >= 15 is 0 Å². The van der Waals surface area contributed by atoms with Crippen LogP contribution >= 0.6 is 11.8 Å². The maximum atomic E-state index is 14.2. The number of nitrogens with one attached hydrogen (secondary N) is 1. The van der Waals surface area contributed by atoms with Crippen LogP contribution in [0.1, 0.15) is 35.3 Å². The van der Waals surface area contributed by atoms with E-state index in [1.165, 1.54) is 19.1 Å². The molecule has 0 saturated carbocycles. The van der Waals surface area contributed by atoms with E-state index in [4.69, 9.17) is 0 Å². The molecule has 1 N–H and O–H groups in total. The Balaban J connectivity index is 1.77. The van der Waals surface area contributed by atoms with Gasteiger partial charge in [-0.15, -0.1) is 11.8 Å². The molecule has 29 heavy (non-hydrogen) atoms. The van der Waals surface area contributed by atoms with Crippen LogP contribution < -0.4 is 5.32 Å². The van der Waals surface area contributed by atoms with Gasteiger partial charge in [-0.1, -0.05) is 66.7 Å². The lowest BCUT2D eigenvalue weighted by Crippen LogP contribution is -2.45. The topological polar surface area (TPSA) is 46.2 Å². The minimum absolute atomic E-state index is 0.0611. The molecule has 0 fully saturated rings. The van der Waals surface area contributed by atoms with Crippen LogP contribution in [0.15, 0.2) is 83.8 Å². The van der Waals surface area contributed by atoms with Crippen molar-refractivity contribution in [2.75, 3.05) is 5.75 Å². The summed E-state index contributed by atoms with van der Waals surface area (Å²) in [5.74, 6) is -0.838. The van der Waals surface area contributed by atoms with Crippen LogP contribution in [-0.2, 0) is 10.3 Å². The van der Waals surface area contributed by atoms with Crippen LogP contribution in [-0.4, -0.2) is 17.4 Å². The van der Waals surface area contributed by atoms with Crippen LogP contribution in [0, 0.1) is 5.82 Å². The minimum Gasteiger partial charge on any atom is -0.342 e. The van der Waals surface area contributed by atoms with Crippen molar-refractivity contribution in [2.45, 2.75) is 24.3 Å². The Labute approximate surface area is 174 Å². The Morgan fingerprint density at radius 3 is 1.97 bits per heavy atom. The fourth-order valence-electron chi connectivity index (χ4n) is 3.15. The zero-order valence-corrected chi connectivity index (χ0v) is 17.1. The lowest BCUT2D eigenvalue weighted by Gasteiger charge is -2.32. The van der Waals surface area contributed by atoms with Crippen LogP contribution in [0.5, 0.6) is 0 Å². The lowest BCUT2D eigenvalue weighted by molar-refractivity contribution is -0.120. The highest BCUT2D eigenvalue weighted by atomic mass is 32.2. The first-order valence-electron chi connectivity index (χ1n) is 9.25. The Morgan fingerprint density at radius 2 is 1.48 bits per heavy atom. The smallest absolute Gasteiger partial charge is 0.231 e. The molecule has 0 bridgehead atoms. The second kappa shape index (κ2) is 9.05. The summed E-state index contributed by atoms with van der Waals surface area (Å²) in [6, 6.07) is 23.8. The number of rotatable bonds is 7. The molecule has 0 spiro atoms. The maximum absolute atomic E-state index is 14.2. The summed E-state index contributed by atoms with van der Waals surface area (Å²) in [4.78, 5) is 24.5. The van der Waals surface area contributed by atoms with E-state index in [0.717, 1.165) is 22.9 Å². The first-order valence-corrected chi connectivity index (χ1v) is 10.2. The number of carbonyl (C=O) groups is 2. The third-order valence-corrected chi connectivity index (χ3v) is 5.84. The molecule has 0 saturated heterocycles. The molecule has 148 valence electrons. The van der Waals surface area contributed by atoms with E-state index < -0.39 is 11.4 Å². The van der Waals surface area contributed by atoms with Gasteiger partial charge in [-0.2, -0.15) is 0 Å². The molecular formula is C24H22FNO2S. The average molecular weight is 408 g/mol. The highest BCUT2D eigenvalue weighted by molar-refractivity contribution is 8.00. The van der Waals surface area contributed by atoms with Gasteiger partial charge in [0.25, 0.3) is 0 Å². The van der Waals surface area contributed by atoms with Gasteiger partial charge in [-0.05, 0) is 37.1 Å². The SMILES string of the molecule is CC(=O)c1ccc(SCC(=O)NC(C)(c2ccccc2)c2ccccc2)c(F)c1. The number of carbonyl (C=O) groups excluding carboxylic acids is 2. The summed E-state index contributed by atoms with van der Waals surface area (Å²) in [5.41, 5.74) is 1.53. The Hall–Kier alpha value is -2.92. The molecule has 3 nitrogen and oxygen atoms in total. The molecule has 0 aliphatic carbocycles. The molecule has 3 aromatic carbocycles. The summed E-state index contributed by atoms with van der Waals surface area (Å²) < 4.78 is 14.2. The highest BCUT2D eigenvalue weighted by Crippen LogP contribution is 2.30. The van der Waals surface area contributed by atoms with E-state index in [0.29, 0.717) is 10.5 Å². The van der Waals surface area contributed by atoms with Gasteiger partial charge >= 0.3 is 0 Å². The van der Waals surface area contributed by atoms with Crippen LogP contribution in [0.2, 0.25) is 0 Å². The fourth-order valence-corrected chi connectivity index (χ4v) is 3.87. The Bertz CT molecular complexity index is 966. The van der Waals surface area contributed by atoms with E-state index in [-0.39, 0.29) is 17.4 Å². The number of benzene rings is 3. The molecule has 5 heteroatoms. The van der Waals surface area contributed by atoms with Crippen LogP contribution in [0.25, 0.3) is 0 Å². The molecule has 0 aliphatic rings. The van der Waals surface area contributed by atoms with Crippen molar-refractivity contribution in [3.05, 3.63) is 101 Å². The van der Waals surface area contributed by atoms with Gasteiger partial charge in [0.05, 0.1) is 11.3 Å². The van der Waals surface area contributed by atoms with Crippen molar-refractivity contribution in [3.8, 4) is 0 Å². The molecule has 0 aromatic heterocycles. The van der Waals surface area contributed by atoms with Crippen molar-refractivity contribution in [1.29, 1.82) is 0 Å². The second-order valence-corrected chi connectivity index (χ2v) is 7.91. The molecule has 0 unspecified atom stereocenters. The van der Waals surface area contributed by atoms with Gasteiger partial charge in [0.15, 0.2) is 5.78 Å². The third-order valence-electron chi connectivity index (χ3n) is 4.79. The van der Waals surface area contributed by atoms with Crippen molar-refractivity contribution in [1.82, 2.24) is 5.32 Å². The number of thioether (sulfide) groups is 1. The zero-order chi connectivity index (χ0) is 20.9. The van der Waals surface area contributed by atoms with Crippen molar-refractivity contribution < 1.29 is 14.0 Å². The molecule has 3 rings (SSSR count). The number of halogens is 1. The number of hydrogen-bond donors (Lipinski definition) is 1. The normalized spacial score (nSPS) is 11.1. The standard InChI is InChI=1S/C24H22FNO2S/c1-17(27)18-13-14-22(21(25)15-18)29-16-23(28)26-24(2,19-9-5-3-6-10-19)20-11-7-4-8-12-20/h3-15H,16H2,1-2H3,(H,26,28). The largest absolute Gasteiger partial charge is 0.342 e. The summed E-state index contributed by atoms with van der Waals surface area (Å²) in [6.07, 6.45) is 0. The molecular weight excluding hydrogens is 385 g/mol. The predicted molar refractivity (Wildman–Crippen MR) is 115 cm³/mol. The Kier molecular flexibility index (Phi) is 6.49. The van der Waals surface area contributed by atoms with Gasteiger partial charge in [-0.3, -0.25) is 9.59 Å². The Morgan fingerprint density at radius 1 is 0.931 bits per heavy atom. The number of amides is 1. The minimum atomic E-state index is -0.711. The second-order valence-electron chi connectivity index (χ2n) is 6.90. The highest BCUT2D eigenvalue weighted by Gasteiger charge is 2.30. The quantitative estimate of drug-likeness (QED) is 0.432. The summed E-state index contributed by atoms with van der Waals surface area (Å²) in [7, 11) is 0. The molecule has 0 radical (unpaired) electrons. The summed E-state index contributed by atoms with van der Waals surface area (Å²) in [5, 5.41) is 3.11. The number of hydrogen-bond acceptors (Lipinski definition) is 3. The number of Topliss-reactive ketones (excluding diaryl/α,β-unsaturated/α-hetero) is 1. The summed E-state index contributed by atoms with van der Waals surface area (Å²) in [6.45, 7) is 3.35. The zero-order valence-electron chi connectivity index (χ0n) is 16.3. The molecule has 0 atom stereocenters. The van der Waals surface area contributed by atoms with Crippen molar-refractivity contribution in [2.24, 2.45) is 0 Å². The first-order chi connectivity index (χ1) is 13.9. The molecule has 1 amide bonds. The lowest BCUT2D eigenvalue weighted by atomic mass is 9.84. The van der Waals surface area contributed by atoms with Crippen LogP contribution in [0.4, 0.5) is 4.39 Å². The predicted octanol–water partition coefficient (Wildman–Crippen LogP) is 5.20. The van der Waals surface area contributed by atoms with Gasteiger partial charge in [0.1, 0.15) is 5.82 Å². The van der Waals surface area contributed by atoms with Gasteiger partial charge in [0.2, 0.25) is 5.91 Å². The van der Waals surface area contributed by atoms with E-state index in [1.54, 1.807) is 6.07 Å². The molecule has 3 aromatic rings. The van der Waals surface area contributed by atoms with Gasteiger partial charge in [0, 0.05) is 10.5 Å². The monoisotopic (exact) mass is 407 g/mol. The van der Waals surface area contributed by atoms with Crippen molar-refractivity contribution in [3.63, 3.8) is 0 Å². The van der Waals surface area contributed by atoms with Gasteiger partial charge < -0.3 is 5.32 Å². The fraction of sp³-hybridized carbons (Fsp3) is 0.167. The van der Waals surface area contributed by atoms with E-state index in [1.807, 2.05) is 67.6 Å².